The minimum absolute atomic E-state index is 0.0900. The highest BCUT2D eigenvalue weighted by molar-refractivity contribution is 5.65. The fraction of sp³-hybridized carbons (Fsp3) is 0.769. The van der Waals surface area contributed by atoms with Gasteiger partial charge in [-0.15, -0.1) is 0 Å². The number of fused-ring (bicyclic) bond motifs is 7. The molecule has 0 radical (unpaired) electrons. The molecule has 0 aromatic heterocycles. The first-order valence-electron chi connectivity index (χ1n) is 17.2. The van der Waals surface area contributed by atoms with Gasteiger partial charge in [0.25, 0.3) is 0 Å². The van der Waals surface area contributed by atoms with E-state index in [-0.39, 0.29) is 33.7 Å². The lowest BCUT2D eigenvalue weighted by molar-refractivity contribution is -0.202. The summed E-state index contributed by atoms with van der Waals surface area (Å²) in [5.74, 6) is 1.76. The zero-order valence-corrected chi connectivity index (χ0v) is 28.0. The largest absolute Gasteiger partial charge is 0.465 e. The van der Waals surface area contributed by atoms with Crippen LogP contribution in [0.4, 0.5) is 0 Å². The summed E-state index contributed by atoms with van der Waals surface area (Å²) >= 11 is 0. The van der Waals surface area contributed by atoms with Crippen LogP contribution < -0.4 is 0 Å². The number of carbonyl (C=O) groups is 1. The summed E-state index contributed by atoms with van der Waals surface area (Å²) in [6, 6.07) is 10.8. The number of ether oxygens (including phenoxy) is 2. The van der Waals surface area contributed by atoms with E-state index in [9.17, 15) is 4.79 Å². The minimum atomic E-state index is -0.131. The smallest absolute Gasteiger partial charge is 0.302 e. The molecule has 5 aliphatic rings. The summed E-state index contributed by atoms with van der Waals surface area (Å²) in [5.41, 5.74) is 4.44. The van der Waals surface area contributed by atoms with Crippen molar-refractivity contribution in [2.75, 3.05) is 6.61 Å². The van der Waals surface area contributed by atoms with Gasteiger partial charge in [0.05, 0.1) is 19.3 Å². The number of hydrogen-bond acceptors (Lipinski definition) is 3. The zero-order valence-electron chi connectivity index (χ0n) is 28.0. The van der Waals surface area contributed by atoms with E-state index in [0.717, 1.165) is 6.42 Å². The molecule has 0 saturated heterocycles. The molecule has 1 aromatic carbocycles. The zero-order chi connectivity index (χ0) is 30.2. The maximum absolute atomic E-state index is 11.8. The summed E-state index contributed by atoms with van der Waals surface area (Å²) in [5, 5.41) is 0. The number of rotatable bonds is 5. The van der Waals surface area contributed by atoms with Crippen molar-refractivity contribution in [3.63, 3.8) is 0 Å². The average Bonchev–Trinajstić information content (AvgIpc) is 2.92. The Morgan fingerprint density at radius 1 is 0.857 bits per heavy atom. The monoisotopic (exact) mass is 574 g/mol. The van der Waals surface area contributed by atoms with E-state index in [4.69, 9.17) is 9.47 Å². The van der Waals surface area contributed by atoms with Crippen molar-refractivity contribution < 1.29 is 14.3 Å². The molecule has 4 fully saturated rings. The molecular weight excluding hydrogens is 516 g/mol. The highest BCUT2D eigenvalue weighted by Gasteiger charge is 2.68. The van der Waals surface area contributed by atoms with E-state index in [1.807, 2.05) is 0 Å². The van der Waals surface area contributed by atoms with Crippen LogP contribution in [0.1, 0.15) is 125 Å². The first-order chi connectivity index (χ1) is 19.7. The first-order valence-corrected chi connectivity index (χ1v) is 17.2. The van der Waals surface area contributed by atoms with Gasteiger partial charge in [0.1, 0.15) is 0 Å². The molecule has 9 atom stereocenters. The van der Waals surface area contributed by atoms with Crippen LogP contribution >= 0.6 is 0 Å². The Labute approximate surface area is 256 Å². The van der Waals surface area contributed by atoms with E-state index >= 15 is 0 Å². The molecule has 1 unspecified atom stereocenters. The Balaban J connectivity index is 1.32. The van der Waals surface area contributed by atoms with Gasteiger partial charge in [0.15, 0.2) is 0 Å². The molecule has 0 aliphatic heterocycles. The Kier molecular flexibility index (Phi) is 7.40. The molecule has 4 saturated carbocycles. The van der Waals surface area contributed by atoms with Gasteiger partial charge in [-0.2, -0.15) is 0 Å². The van der Waals surface area contributed by atoms with E-state index in [1.54, 1.807) is 12.5 Å². The van der Waals surface area contributed by atoms with Crippen molar-refractivity contribution in [1.29, 1.82) is 0 Å². The molecule has 232 valence electrons. The molecule has 5 aliphatic carbocycles. The van der Waals surface area contributed by atoms with Crippen LogP contribution in [-0.2, 0) is 20.9 Å². The van der Waals surface area contributed by atoms with Gasteiger partial charge >= 0.3 is 5.97 Å². The molecule has 0 heterocycles. The normalized spacial score (nSPS) is 45.9. The van der Waals surface area contributed by atoms with Gasteiger partial charge in [-0.1, -0.05) is 96.9 Å². The van der Waals surface area contributed by atoms with Crippen molar-refractivity contribution >= 4 is 5.97 Å². The second-order valence-electron chi connectivity index (χ2n) is 17.5. The number of hydrogen-bond donors (Lipinski definition) is 0. The lowest BCUT2D eigenvalue weighted by atomic mass is 9.33. The van der Waals surface area contributed by atoms with E-state index in [2.05, 4.69) is 84.9 Å². The number of esters is 1. The third kappa shape index (κ3) is 4.57. The quantitative estimate of drug-likeness (QED) is 0.259. The number of benzene rings is 1. The molecule has 0 amide bonds. The van der Waals surface area contributed by atoms with Crippen LogP contribution in [0.3, 0.4) is 0 Å². The summed E-state index contributed by atoms with van der Waals surface area (Å²) in [6.07, 6.45) is 15.5. The van der Waals surface area contributed by atoms with Crippen LogP contribution in [0.2, 0.25) is 0 Å². The van der Waals surface area contributed by atoms with Crippen LogP contribution in [0.15, 0.2) is 42.0 Å². The topological polar surface area (TPSA) is 35.5 Å². The first kappa shape index (κ1) is 30.4. The van der Waals surface area contributed by atoms with Crippen LogP contribution in [0.25, 0.3) is 0 Å². The molecule has 3 heteroatoms. The third-order valence-corrected chi connectivity index (χ3v) is 14.6. The number of allylic oxidation sites excluding steroid dienone is 2. The lowest BCUT2D eigenvalue weighted by Gasteiger charge is -2.71. The highest BCUT2D eigenvalue weighted by Crippen LogP contribution is 2.75. The third-order valence-electron chi connectivity index (χ3n) is 14.6. The van der Waals surface area contributed by atoms with Crippen molar-refractivity contribution in [3.05, 3.63) is 47.5 Å². The Bertz CT molecular complexity index is 1220. The maximum Gasteiger partial charge on any atom is 0.302 e. The second kappa shape index (κ2) is 10.2. The molecule has 3 nitrogen and oxygen atoms in total. The fourth-order valence-electron chi connectivity index (χ4n) is 12.0. The Morgan fingerprint density at radius 2 is 1.60 bits per heavy atom. The van der Waals surface area contributed by atoms with Crippen molar-refractivity contribution in [2.45, 2.75) is 132 Å². The van der Waals surface area contributed by atoms with Crippen molar-refractivity contribution in [1.82, 2.24) is 0 Å². The predicted octanol–water partition coefficient (Wildman–Crippen LogP) is 9.94. The van der Waals surface area contributed by atoms with Gasteiger partial charge in [0, 0.05) is 17.8 Å². The van der Waals surface area contributed by atoms with Gasteiger partial charge < -0.3 is 9.47 Å². The van der Waals surface area contributed by atoms with Gasteiger partial charge in [0.2, 0.25) is 0 Å². The molecule has 0 bridgehead atoms. The molecule has 0 N–H and O–H groups in total. The van der Waals surface area contributed by atoms with Crippen LogP contribution in [-0.4, -0.2) is 18.7 Å². The molecule has 1 aromatic rings. The second-order valence-corrected chi connectivity index (χ2v) is 17.5. The lowest BCUT2D eigenvalue weighted by Crippen LogP contribution is -2.64. The molecular formula is C39H58O3. The van der Waals surface area contributed by atoms with Crippen LogP contribution in [0, 0.1) is 50.2 Å². The standard InChI is InChI=1S/C39H58O3/c1-27(40)42-26-35(4)18-12-19-37(6)31(35)17-20-39(8)32(37)16-15-29-30-23-34(2,3)24-33(36(30,5)21-22-38(29,39)7)41-25-28-13-10-9-11-14-28/h9-11,13-15,30-33H,12,16-26H2,1-8H3/t30-,31?,32-,33-,35+,36-,37+,38-,39-/m1/s1. The minimum Gasteiger partial charge on any atom is -0.465 e. The summed E-state index contributed by atoms with van der Waals surface area (Å²) in [6.45, 7) is 20.9. The van der Waals surface area contributed by atoms with Crippen molar-refractivity contribution in [2.24, 2.45) is 50.2 Å². The van der Waals surface area contributed by atoms with E-state index in [0.29, 0.717) is 41.8 Å². The summed E-state index contributed by atoms with van der Waals surface area (Å²) < 4.78 is 12.6. The molecule has 42 heavy (non-hydrogen) atoms. The Hall–Kier alpha value is -1.61. The van der Waals surface area contributed by atoms with Gasteiger partial charge in [-0.25, -0.2) is 0 Å². The van der Waals surface area contributed by atoms with E-state index < -0.39 is 0 Å². The van der Waals surface area contributed by atoms with Crippen LogP contribution in [0.5, 0.6) is 0 Å². The van der Waals surface area contributed by atoms with Gasteiger partial charge in [-0.05, 0) is 103 Å². The summed E-state index contributed by atoms with van der Waals surface area (Å²) in [4.78, 5) is 11.8. The molecule has 6 rings (SSSR count). The van der Waals surface area contributed by atoms with E-state index in [1.165, 1.54) is 63.4 Å². The highest BCUT2D eigenvalue weighted by atomic mass is 16.5. The average molecular weight is 575 g/mol. The number of carbonyl (C=O) groups excluding carboxylic acids is 1. The fourth-order valence-corrected chi connectivity index (χ4v) is 12.0. The Morgan fingerprint density at radius 3 is 2.31 bits per heavy atom. The SMILES string of the molecule is CC(=O)OC[C@]1(C)CCC[C@@]2(C)C1CC[C@]1(C)[C@@H]2CC=C2[C@H]3CC(C)(C)C[C@@H](OCc4ccccc4)[C@]3(C)CC[C@]21C. The predicted molar refractivity (Wildman–Crippen MR) is 171 cm³/mol. The van der Waals surface area contributed by atoms with Gasteiger partial charge in [-0.3, -0.25) is 4.79 Å². The molecule has 0 spiro atoms. The summed E-state index contributed by atoms with van der Waals surface area (Å²) in [7, 11) is 0. The van der Waals surface area contributed by atoms with Crippen molar-refractivity contribution in [3.8, 4) is 0 Å². The maximum atomic E-state index is 11.8.